The molecular weight excluding hydrogens is 807 g/mol. The zero-order valence-corrected chi connectivity index (χ0v) is 44.7. The van der Waals surface area contributed by atoms with Crippen molar-refractivity contribution in [3.05, 3.63) is 48.6 Å². The number of carbonyl (C=O) groups excluding carboxylic acids is 1. The number of hydrogen-bond acceptors (Lipinski definition) is 3. The lowest BCUT2D eigenvalue weighted by Gasteiger charge is -2.19. The minimum Gasteiger partial charge on any atom is -0.394 e. The third-order valence-electron chi connectivity index (χ3n) is 13.8. The van der Waals surface area contributed by atoms with E-state index in [-0.39, 0.29) is 12.5 Å². The summed E-state index contributed by atoms with van der Waals surface area (Å²) in [6.07, 6.45) is 80.3. The maximum atomic E-state index is 12.4. The van der Waals surface area contributed by atoms with E-state index in [9.17, 15) is 15.0 Å². The van der Waals surface area contributed by atoms with Crippen LogP contribution in [0.4, 0.5) is 0 Å². The van der Waals surface area contributed by atoms with Gasteiger partial charge in [0.25, 0.3) is 0 Å². The molecule has 3 N–H and O–H groups in total. The summed E-state index contributed by atoms with van der Waals surface area (Å²) >= 11 is 0. The fourth-order valence-electron chi connectivity index (χ4n) is 9.23. The van der Waals surface area contributed by atoms with Gasteiger partial charge in [-0.05, 0) is 64.2 Å². The third kappa shape index (κ3) is 53.3. The number of allylic oxidation sites excluding steroid dienone is 7. The molecule has 0 aliphatic carbocycles. The first kappa shape index (κ1) is 64.3. The number of amides is 1. The molecule has 0 aromatic carbocycles. The molecule has 0 heterocycles. The van der Waals surface area contributed by atoms with Crippen LogP contribution in [0, 0.1) is 0 Å². The van der Waals surface area contributed by atoms with Gasteiger partial charge in [0.05, 0.1) is 18.8 Å². The smallest absolute Gasteiger partial charge is 0.220 e. The third-order valence-corrected chi connectivity index (χ3v) is 13.8. The number of rotatable bonds is 55. The quantitative estimate of drug-likeness (QED) is 0.0420. The summed E-state index contributed by atoms with van der Waals surface area (Å²) in [4.78, 5) is 12.4. The van der Waals surface area contributed by atoms with Crippen LogP contribution in [0.1, 0.15) is 322 Å². The predicted octanol–water partition coefficient (Wildman–Crippen LogP) is 19.8. The van der Waals surface area contributed by atoms with Crippen molar-refractivity contribution >= 4 is 5.91 Å². The van der Waals surface area contributed by atoms with Crippen LogP contribution in [0.2, 0.25) is 0 Å². The van der Waals surface area contributed by atoms with E-state index >= 15 is 0 Å². The van der Waals surface area contributed by atoms with Crippen LogP contribution < -0.4 is 5.32 Å². The fourth-order valence-corrected chi connectivity index (χ4v) is 9.23. The summed E-state index contributed by atoms with van der Waals surface area (Å²) in [6.45, 7) is 4.29. The Hall–Kier alpha value is -1.65. The van der Waals surface area contributed by atoms with E-state index in [1.165, 1.54) is 263 Å². The van der Waals surface area contributed by atoms with Crippen molar-refractivity contribution in [2.75, 3.05) is 6.61 Å². The summed E-state index contributed by atoms with van der Waals surface area (Å²) in [5.74, 6) is -0.0696. The van der Waals surface area contributed by atoms with Gasteiger partial charge in [0, 0.05) is 6.42 Å². The Morgan fingerprint density at radius 2 is 0.636 bits per heavy atom. The Labute approximate surface area is 414 Å². The Balaban J connectivity index is 3.37. The Bertz CT molecular complexity index is 1050. The lowest BCUT2D eigenvalue weighted by molar-refractivity contribution is -0.123. The van der Waals surface area contributed by atoms with Crippen LogP contribution in [0.15, 0.2) is 48.6 Å². The van der Waals surface area contributed by atoms with Gasteiger partial charge in [0.1, 0.15) is 0 Å². The SMILES string of the molecule is CCCCCCC/C=C\C/C=C\CCCCCCCCCCCCCCCCCCCCCCCCCCCCCCCC(=O)NC(CO)C(O)/C=C/CC/C=C/CCCCCCCCC. The summed E-state index contributed by atoms with van der Waals surface area (Å²) in [5.41, 5.74) is 0. The number of carbonyl (C=O) groups is 1. The molecule has 0 radical (unpaired) electrons. The van der Waals surface area contributed by atoms with Gasteiger partial charge in [-0.3, -0.25) is 4.79 Å². The fraction of sp³-hybridized carbons (Fsp3) is 0.855. The van der Waals surface area contributed by atoms with Crippen LogP contribution in [0.5, 0.6) is 0 Å². The second-order valence-corrected chi connectivity index (χ2v) is 20.4. The molecule has 0 rings (SSSR count). The van der Waals surface area contributed by atoms with Gasteiger partial charge in [-0.1, -0.05) is 300 Å². The van der Waals surface area contributed by atoms with Crippen LogP contribution in [-0.4, -0.2) is 34.9 Å². The van der Waals surface area contributed by atoms with Crippen molar-refractivity contribution in [1.29, 1.82) is 0 Å². The van der Waals surface area contributed by atoms with E-state index in [0.29, 0.717) is 6.42 Å². The monoisotopic (exact) mass is 924 g/mol. The van der Waals surface area contributed by atoms with Crippen molar-refractivity contribution in [2.45, 2.75) is 334 Å². The van der Waals surface area contributed by atoms with E-state index in [1.807, 2.05) is 6.08 Å². The van der Waals surface area contributed by atoms with Crippen LogP contribution in [0.25, 0.3) is 0 Å². The topological polar surface area (TPSA) is 69.6 Å². The van der Waals surface area contributed by atoms with Gasteiger partial charge in [-0.25, -0.2) is 0 Å². The molecule has 4 heteroatoms. The van der Waals surface area contributed by atoms with E-state index in [0.717, 1.165) is 38.5 Å². The Morgan fingerprint density at radius 1 is 0.364 bits per heavy atom. The first-order chi connectivity index (χ1) is 32.7. The second-order valence-electron chi connectivity index (χ2n) is 20.4. The predicted molar refractivity (Wildman–Crippen MR) is 295 cm³/mol. The van der Waals surface area contributed by atoms with Crippen LogP contribution in [-0.2, 0) is 4.79 Å². The molecule has 0 fully saturated rings. The van der Waals surface area contributed by atoms with E-state index in [2.05, 4.69) is 55.6 Å². The molecule has 2 atom stereocenters. The highest BCUT2D eigenvalue weighted by atomic mass is 16.3. The van der Waals surface area contributed by atoms with Crippen LogP contribution >= 0.6 is 0 Å². The zero-order chi connectivity index (χ0) is 47.7. The molecule has 0 bridgehead atoms. The van der Waals surface area contributed by atoms with E-state index < -0.39 is 12.1 Å². The lowest BCUT2D eigenvalue weighted by atomic mass is 10.0. The molecule has 388 valence electrons. The van der Waals surface area contributed by atoms with Gasteiger partial charge >= 0.3 is 0 Å². The average Bonchev–Trinajstić information content (AvgIpc) is 3.32. The van der Waals surface area contributed by atoms with Gasteiger partial charge in [-0.2, -0.15) is 0 Å². The summed E-state index contributed by atoms with van der Waals surface area (Å²) in [7, 11) is 0. The maximum absolute atomic E-state index is 12.4. The van der Waals surface area contributed by atoms with Crippen molar-refractivity contribution in [3.63, 3.8) is 0 Å². The van der Waals surface area contributed by atoms with Gasteiger partial charge in [0.15, 0.2) is 0 Å². The Morgan fingerprint density at radius 3 is 0.970 bits per heavy atom. The number of aliphatic hydroxyl groups excluding tert-OH is 2. The van der Waals surface area contributed by atoms with Crippen molar-refractivity contribution in [2.24, 2.45) is 0 Å². The molecule has 0 saturated carbocycles. The number of aliphatic hydroxyl groups is 2. The standard InChI is InChI=1S/C62H117NO3/c1-3-5-7-9-11-13-15-17-18-19-20-21-22-23-24-25-26-27-28-29-30-31-32-33-34-35-36-37-38-39-40-41-42-43-44-46-48-50-52-54-56-58-62(66)63-60(59-64)61(65)57-55-53-51-49-47-45-16-14-12-10-8-6-4-2/h15,17,19-20,47,49,55,57,60-61,64-65H,3-14,16,18,21-46,48,50-54,56,58-59H2,1-2H3,(H,63,66)/b17-15-,20-19-,49-47+,57-55+. The molecule has 0 saturated heterocycles. The summed E-state index contributed by atoms with van der Waals surface area (Å²) < 4.78 is 0. The number of hydrogen-bond donors (Lipinski definition) is 3. The second kappa shape index (κ2) is 57.7. The summed E-state index contributed by atoms with van der Waals surface area (Å²) in [6, 6.07) is -0.637. The van der Waals surface area contributed by atoms with Gasteiger partial charge < -0.3 is 15.5 Å². The molecule has 66 heavy (non-hydrogen) atoms. The summed E-state index contributed by atoms with van der Waals surface area (Å²) in [5, 5.41) is 23.0. The highest BCUT2D eigenvalue weighted by Gasteiger charge is 2.18. The number of unbranched alkanes of at least 4 members (excludes halogenated alkanes) is 42. The van der Waals surface area contributed by atoms with Crippen molar-refractivity contribution in [3.8, 4) is 0 Å². The first-order valence-electron chi connectivity index (χ1n) is 29.9. The normalized spacial score (nSPS) is 13.1. The molecular formula is C62H117NO3. The molecule has 0 aromatic rings. The first-order valence-corrected chi connectivity index (χ1v) is 29.9. The molecule has 0 aromatic heterocycles. The molecule has 0 aliphatic heterocycles. The van der Waals surface area contributed by atoms with E-state index in [4.69, 9.17) is 0 Å². The van der Waals surface area contributed by atoms with E-state index in [1.54, 1.807) is 6.08 Å². The van der Waals surface area contributed by atoms with Crippen molar-refractivity contribution < 1.29 is 15.0 Å². The van der Waals surface area contributed by atoms with Gasteiger partial charge in [-0.15, -0.1) is 0 Å². The largest absolute Gasteiger partial charge is 0.394 e. The number of nitrogens with one attached hydrogen (secondary N) is 1. The minimum absolute atomic E-state index is 0.0696. The molecule has 0 spiro atoms. The highest BCUT2D eigenvalue weighted by Crippen LogP contribution is 2.17. The Kier molecular flexibility index (Phi) is 56.2. The van der Waals surface area contributed by atoms with Crippen LogP contribution in [0.3, 0.4) is 0 Å². The molecule has 4 nitrogen and oxygen atoms in total. The molecule has 1 amide bonds. The zero-order valence-electron chi connectivity index (χ0n) is 44.7. The highest BCUT2D eigenvalue weighted by molar-refractivity contribution is 5.76. The molecule has 0 aliphatic rings. The maximum Gasteiger partial charge on any atom is 0.220 e. The molecule has 2 unspecified atom stereocenters. The minimum atomic E-state index is -0.860. The lowest BCUT2D eigenvalue weighted by Crippen LogP contribution is -2.45. The average molecular weight is 925 g/mol. The van der Waals surface area contributed by atoms with Gasteiger partial charge in [0.2, 0.25) is 5.91 Å². The van der Waals surface area contributed by atoms with Crippen molar-refractivity contribution in [1.82, 2.24) is 5.32 Å².